The Hall–Kier alpha value is -3.03. The monoisotopic (exact) mass is 744 g/mol. The highest BCUT2D eigenvalue weighted by Crippen LogP contribution is 2.35. The van der Waals surface area contributed by atoms with E-state index in [1.165, 1.54) is 44.9 Å². The van der Waals surface area contributed by atoms with Crippen molar-refractivity contribution in [3.05, 3.63) is 97.2 Å². The minimum absolute atomic E-state index is 0.119. The summed E-state index contributed by atoms with van der Waals surface area (Å²) in [6.45, 7) is 3.51. The topological polar surface area (TPSA) is 119 Å². The van der Waals surface area contributed by atoms with Crippen LogP contribution in [0.2, 0.25) is 0 Å². The van der Waals surface area contributed by atoms with Crippen molar-refractivity contribution in [3.8, 4) is 0 Å². The Morgan fingerprint density at radius 2 is 0.846 bits per heavy atom. The molecule has 0 aromatic rings. The number of rotatable bonds is 34. The molecule has 0 fully saturated rings. The fourth-order valence-corrected chi connectivity index (χ4v) is 5.01. The first-order valence-electron chi connectivity index (χ1n) is 19.5. The zero-order chi connectivity index (χ0) is 38.2. The lowest BCUT2D eigenvalue weighted by Crippen LogP contribution is -2.29. The second-order valence-electron chi connectivity index (χ2n) is 12.5. The van der Waals surface area contributed by atoms with Gasteiger partial charge in [-0.25, -0.2) is 4.57 Å². The Morgan fingerprint density at radius 1 is 0.500 bits per heavy atom. The molecule has 9 heteroatoms. The molecule has 0 rings (SSSR count). The van der Waals surface area contributed by atoms with Crippen LogP contribution in [0.15, 0.2) is 97.2 Å². The molecule has 0 aromatic carbocycles. The molecule has 2 N–H and O–H groups in total. The van der Waals surface area contributed by atoms with Gasteiger partial charge in [0.2, 0.25) is 0 Å². The van der Waals surface area contributed by atoms with E-state index in [-0.39, 0.29) is 19.4 Å². The Morgan fingerprint density at radius 3 is 1.21 bits per heavy atom. The molecule has 0 heterocycles. The molecule has 1 unspecified atom stereocenters. The van der Waals surface area contributed by atoms with Gasteiger partial charge in [-0.2, -0.15) is 0 Å². The van der Waals surface area contributed by atoms with E-state index < -0.39 is 32.5 Å². The van der Waals surface area contributed by atoms with Gasteiger partial charge in [0.25, 0.3) is 0 Å². The minimum Gasteiger partial charge on any atom is -0.462 e. The number of esters is 2. The normalized spacial score (nSPS) is 13.5. The Kier molecular flexibility index (Phi) is 35.5. The van der Waals surface area contributed by atoms with Crippen LogP contribution in [-0.2, 0) is 28.2 Å². The molecule has 0 bridgehead atoms. The van der Waals surface area contributed by atoms with E-state index in [2.05, 4.69) is 97.4 Å². The SMILES string of the molecule is CCCCC/C=C\C/C=C\C/C=C\C/C=C\CCCC(=O)OCC(COP(=O)(O)O)OC(=O)CCC/C=C\C/C=C\C/C=C\C/C=C\CCCCC. The minimum atomic E-state index is -4.79. The first-order valence-corrected chi connectivity index (χ1v) is 21.1. The summed E-state index contributed by atoms with van der Waals surface area (Å²) in [5.41, 5.74) is 0. The second-order valence-corrected chi connectivity index (χ2v) is 13.8. The third kappa shape index (κ3) is 39.8. The average molecular weight is 745 g/mol. The van der Waals surface area contributed by atoms with Gasteiger partial charge in [0.15, 0.2) is 6.10 Å². The molecule has 0 radical (unpaired) electrons. The van der Waals surface area contributed by atoms with Crippen LogP contribution in [0.5, 0.6) is 0 Å². The number of phosphoric acid groups is 1. The molecule has 0 saturated heterocycles. The van der Waals surface area contributed by atoms with Crippen molar-refractivity contribution in [2.45, 2.75) is 148 Å². The van der Waals surface area contributed by atoms with Crippen LogP contribution in [-0.4, -0.2) is 41.0 Å². The summed E-state index contributed by atoms with van der Waals surface area (Å²) in [6, 6.07) is 0. The second kappa shape index (κ2) is 37.7. The summed E-state index contributed by atoms with van der Waals surface area (Å²) in [6.07, 6.45) is 51.4. The van der Waals surface area contributed by atoms with Gasteiger partial charge < -0.3 is 19.3 Å². The quantitative estimate of drug-likeness (QED) is 0.0289. The molecule has 0 saturated carbocycles. The van der Waals surface area contributed by atoms with E-state index in [0.717, 1.165) is 44.9 Å². The zero-order valence-corrected chi connectivity index (χ0v) is 33.1. The molecule has 0 spiro atoms. The summed E-state index contributed by atoms with van der Waals surface area (Å²) in [5, 5.41) is 0. The molecule has 0 aromatic heterocycles. The Labute approximate surface area is 315 Å². The fraction of sp³-hybridized carbons (Fsp3) is 0.581. The first-order chi connectivity index (χ1) is 25.3. The molecule has 52 heavy (non-hydrogen) atoms. The predicted octanol–water partition coefficient (Wildman–Crippen LogP) is 11.8. The van der Waals surface area contributed by atoms with Crippen LogP contribution < -0.4 is 0 Å². The molecule has 0 aliphatic heterocycles. The van der Waals surface area contributed by atoms with Crippen LogP contribution in [0.3, 0.4) is 0 Å². The highest BCUT2D eigenvalue weighted by atomic mass is 31.2. The summed E-state index contributed by atoms with van der Waals surface area (Å²) >= 11 is 0. The number of phosphoric ester groups is 1. The van der Waals surface area contributed by atoms with Crippen LogP contribution in [0, 0.1) is 0 Å². The van der Waals surface area contributed by atoms with Crippen molar-refractivity contribution in [2.24, 2.45) is 0 Å². The molecule has 0 amide bonds. The van der Waals surface area contributed by atoms with E-state index in [9.17, 15) is 14.2 Å². The summed E-state index contributed by atoms with van der Waals surface area (Å²) in [7, 11) is -4.79. The molecular weight excluding hydrogens is 675 g/mol. The van der Waals surface area contributed by atoms with Gasteiger partial charge in [-0.05, 0) is 89.9 Å². The van der Waals surface area contributed by atoms with E-state index >= 15 is 0 Å². The molecular formula is C43H69O8P. The maximum absolute atomic E-state index is 12.4. The maximum Gasteiger partial charge on any atom is 0.469 e. The van der Waals surface area contributed by atoms with Crippen molar-refractivity contribution >= 4 is 19.8 Å². The molecule has 1 atom stereocenters. The third-order valence-corrected chi connectivity index (χ3v) is 8.06. The van der Waals surface area contributed by atoms with Gasteiger partial charge in [0.1, 0.15) is 6.61 Å². The van der Waals surface area contributed by atoms with Crippen molar-refractivity contribution in [1.82, 2.24) is 0 Å². The summed E-state index contributed by atoms with van der Waals surface area (Å²) in [4.78, 5) is 42.7. The van der Waals surface area contributed by atoms with Crippen molar-refractivity contribution < 1.29 is 37.9 Å². The molecule has 0 aliphatic rings. The highest BCUT2D eigenvalue weighted by Gasteiger charge is 2.22. The molecule has 294 valence electrons. The predicted molar refractivity (Wildman–Crippen MR) is 216 cm³/mol. The van der Waals surface area contributed by atoms with Crippen LogP contribution >= 0.6 is 7.82 Å². The standard InChI is InChI=1S/C43H69O8P/c1-3-5-7-9-11-13-15-17-19-21-23-25-27-29-31-33-35-37-42(44)49-39-41(40-50-52(46,47)48)51-43(45)38-36-34-32-30-28-26-24-22-20-18-16-14-12-10-8-6-4-2/h11-14,17-20,23-26,29-32,41H,3-10,15-16,21-22,27-28,33-40H2,1-2H3,(H2,46,47,48)/b13-11-,14-12-,19-17-,20-18-,25-23-,26-24-,31-29-,32-30-. The zero-order valence-electron chi connectivity index (χ0n) is 32.2. The number of ether oxygens (including phenoxy) is 2. The van der Waals surface area contributed by atoms with Crippen molar-refractivity contribution in [1.29, 1.82) is 0 Å². The van der Waals surface area contributed by atoms with Crippen LogP contribution in [0.4, 0.5) is 0 Å². The number of allylic oxidation sites excluding steroid dienone is 16. The lowest BCUT2D eigenvalue weighted by molar-refractivity contribution is -0.161. The van der Waals surface area contributed by atoms with Gasteiger partial charge in [-0.15, -0.1) is 0 Å². The molecule has 8 nitrogen and oxygen atoms in total. The van der Waals surface area contributed by atoms with Gasteiger partial charge >= 0.3 is 19.8 Å². The van der Waals surface area contributed by atoms with Crippen LogP contribution in [0.1, 0.15) is 142 Å². The average Bonchev–Trinajstić information content (AvgIpc) is 3.11. The van der Waals surface area contributed by atoms with Crippen LogP contribution in [0.25, 0.3) is 0 Å². The Balaban J connectivity index is 4.18. The maximum atomic E-state index is 12.4. The smallest absolute Gasteiger partial charge is 0.462 e. The van der Waals surface area contributed by atoms with Gasteiger partial charge in [0.05, 0.1) is 6.61 Å². The fourth-order valence-electron chi connectivity index (χ4n) is 4.65. The number of hydrogen-bond donors (Lipinski definition) is 2. The lowest BCUT2D eigenvalue weighted by atomic mass is 10.2. The Bertz CT molecular complexity index is 1160. The summed E-state index contributed by atoms with van der Waals surface area (Å²) in [5.74, 6) is -1.03. The third-order valence-electron chi connectivity index (χ3n) is 7.58. The van der Waals surface area contributed by atoms with Crippen molar-refractivity contribution in [3.63, 3.8) is 0 Å². The van der Waals surface area contributed by atoms with Gasteiger partial charge in [0, 0.05) is 12.8 Å². The number of carbonyl (C=O) groups is 2. The number of carbonyl (C=O) groups excluding carboxylic acids is 2. The van der Waals surface area contributed by atoms with E-state index in [0.29, 0.717) is 25.7 Å². The lowest BCUT2D eigenvalue weighted by Gasteiger charge is -2.18. The number of hydrogen-bond acceptors (Lipinski definition) is 6. The van der Waals surface area contributed by atoms with Gasteiger partial charge in [-0.1, -0.05) is 137 Å². The molecule has 0 aliphatic carbocycles. The number of unbranched alkanes of at least 4 members (excludes halogenated alkanes) is 8. The van der Waals surface area contributed by atoms with E-state index in [4.69, 9.17) is 19.3 Å². The largest absolute Gasteiger partial charge is 0.469 e. The van der Waals surface area contributed by atoms with Gasteiger partial charge in [-0.3, -0.25) is 14.1 Å². The van der Waals surface area contributed by atoms with Crippen molar-refractivity contribution in [2.75, 3.05) is 13.2 Å². The van der Waals surface area contributed by atoms with E-state index in [1.54, 1.807) is 0 Å². The highest BCUT2D eigenvalue weighted by molar-refractivity contribution is 7.46. The van der Waals surface area contributed by atoms with E-state index in [1.807, 2.05) is 18.2 Å². The summed E-state index contributed by atoms with van der Waals surface area (Å²) < 4.78 is 26.2. The first kappa shape index (κ1) is 49.0.